The zero-order chi connectivity index (χ0) is 24.9. The third kappa shape index (κ3) is 7.47. The van der Waals surface area contributed by atoms with E-state index in [0.29, 0.717) is 0 Å². The molecule has 3 N–H and O–H groups in total. The summed E-state index contributed by atoms with van der Waals surface area (Å²) < 4.78 is 108. The van der Waals surface area contributed by atoms with Gasteiger partial charge in [-0.3, -0.25) is 0 Å². The second-order valence-corrected chi connectivity index (χ2v) is 8.17. The Bertz CT molecular complexity index is 902. The van der Waals surface area contributed by atoms with E-state index in [4.69, 9.17) is 15.6 Å². The van der Waals surface area contributed by atoms with Crippen LogP contribution in [0.4, 0.5) is 35.1 Å². The first-order valence-corrected chi connectivity index (χ1v) is 10.6. The molecule has 0 spiro atoms. The number of unbranched alkanes of at least 4 members (excludes halogenated alkanes) is 3. The lowest BCUT2D eigenvalue weighted by molar-refractivity contribution is -0.284. The molecule has 1 heterocycles. The van der Waals surface area contributed by atoms with Gasteiger partial charge in [-0.05, 0) is 31.0 Å². The molecule has 1 unspecified atom stereocenters. The maximum atomic E-state index is 13.5. The van der Waals surface area contributed by atoms with Crippen molar-refractivity contribution in [3.63, 3.8) is 0 Å². The number of halogens is 8. The molecule has 5 nitrogen and oxygen atoms in total. The van der Waals surface area contributed by atoms with Crippen LogP contribution in [0.1, 0.15) is 48.7 Å². The van der Waals surface area contributed by atoms with E-state index in [9.17, 15) is 35.1 Å². The van der Waals surface area contributed by atoms with Crippen LogP contribution in [0, 0.1) is 0 Å². The van der Waals surface area contributed by atoms with Gasteiger partial charge < -0.3 is 15.6 Å². The number of hydrogen-bond acceptors (Lipinski definition) is 6. The van der Waals surface area contributed by atoms with Crippen LogP contribution in [0.2, 0.25) is 0 Å². The number of aliphatic hydroxyl groups is 1. The Balaban J connectivity index is 1.94. The lowest BCUT2D eigenvalue weighted by atomic mass is 10.1. The quantitative estimate of drug-likeness (QED) is 0.299. The number of benzene rings is 1. The minimum absolute atomic E-state index is 0.0510. The van der Waals surface area contributed by atoms with Crippen molar-refractivity contribution >= 4 is 11.3 Å². The molecule has 33 heavy (non-hydrogen) atoms. The van der Waals surface area contributed by atoms with E-state index in [0.717, 1.165) is 23.5 Å². The fourth-order valence-electron chi connectivity index (χ4n) is 2.72. The van der Waals surface area contributed by atoms with Gasteiger partial charge in [0, 0.05) is 12.0 Å². The second kappa shape index (κ2) is 10.9. The number of aromatic nitrogens is 2. The number of alkyl halides is 8. The number of aliphatic hydroxyl groups excluding tert-OH is 1. The highest BCUT2D eigenvalue weighted by Gasteiger charge is 2.56. The summed E-state index contributed by atoms with van der Waals surface area (Å²) in [7, 11) is 0. The minimum Gasteiger partial charge on any atom is -0.493 e. The second-order valence-electron chi connectivity index (χ2n) is 7.16. The topological polar surface area (TPSA) is 81.3 Å². The third-order valence-electron chi connectivity index (χ3n) is 4.54. The van der Waals surface area contributed by atoms with E-state index in [2.05, 4.69) is 10.2 Å². The molecular weight excluding hydrogens is 486 g/mol. The molecule has 0 aliphatic heterocycles. The number of rotatable bonds is 11. The van der Waals surface area contributed by atoms with Crippen LogP contribution in [0.3, 0.4) is 0 Å². The predicted octanol–water partition coefficient (Wildman–Crippen LogP) is 5.74. The van der Waals surface area contributed by atoms with Crippen molar-refractivity contribution in [1.29, 1.82) is 0 Å². The summed E-state index contributed by atoms with van der Waals surface area (Å²) >= 11 is 0.937. The van der Waals surface area contributed by atoms with E-state index in [1.54, 1.807) is 0 Å². The van der Waals surface area contributed by atoms with E-state index in [1.807, 2.05) is 0 Å². The lowest BCUT2D eigenvalue weighted by Crippen LogP contribution is -2.36. The van der Waals surface area contributed by atoms with E-state index in [1.165, 1.54) is 6.07 Å². The molecule has 0 bridgehead atoms. The van der Waals surface area contributed by atoms with Gasteiger partial charge in [0.2, 0.25) is 0 Å². The molecular formula is C19H21F8N3O2S. The summed E-state index contributed by atoms with van der Waals surface area (Å²) in [6, 6.07) is 2.48. The fourth-order valence-corrected chi connectivity index (χ4v) is 3.55. The summed E-state index contributed by atoms with van der Waals surface area (Å²) in [5.74, 6) is -5.21. The average molecular weight is 507 g/mol. The Hall–Kier alpha value is -2.06. The Morgan fingerprint density at radius 2 is 1.64 bits per heavy atom. The predicted molar refractivity (Wildman–Crippen MR) is 104 cm³/mol. The Morgan fingerprint density at radius 1 is 0.970 bits per heavy atom. The molecule has 14 heteroatoms. The molecule has 1 aromatic carbocycles. The molecule has 0 fully saturated rings. The molecule has 0 saturated heterocycles. The highest BCUT2D eigenvalue weighted by molar-refractivity contribution is 7.14. The smallest absolute Gasteiger partial charge is 0.453 e. The van der Waals surface area contributed by atoms with E-state index in [-0.39, 0.29) is 47.9 Å². The van der Waals surface area contributed by atoms with Crippen molar-refractivity contribution < 1.29 is 45.0 Å². The highest BCUT2D eigenvalue weighted by atomic mass is 32.1. The van der Waals surface area contributed by atoms with Gasteiger partial charge in [0.05, 0.1) is 24.8 Å². The average Bonchev–Trinajstić information content (AvgIpc) is 3.21. The molecule has 2 aromatic rings. The summed E-state index contributed by atoms with van der Waals surface area (Å²) in [5.41, 5.74) is 4.68. The maximum absolute atomic E-state index is 13.5. The molecule has 2 rings (SSSR count). The van der Waals surface area contributed by atoms with Crippen LogP contribution in [0.5, 0.6) is 5.75 Å². The van der Waals surface area contributed by atoms with E-state index >= 15 is 0 Å². The largest absolute Gasteiger partial charge is 0.493 e. The van der Waals surface area contributed by atoms with Gasteiger partial charge in [0.25, 0.3) is 0 Å². The molecule has 0 aliphatic rings. The summed E-state index contributed by atoms with van der Waals surface area (Å²) in [4.78, 5) is 0. The van der Waals surface area contributed by atoms with Gasteiger partial charge in [-0.1, -0.05) is 24.2 Å². The summed E-state index contributed by atoms with van der Waals surface area (Å²) in [6.07, 6.45) is -11.6. The van der Waals surface area contributed by atoms with Gasteiger partial charge in [-0.15, -0.1) is 10.2 Å². The first kappa shape index (κ1) is 27.2. The third-order valence-corrected chi connectivity index (χ3v) is 5.65. The van der Waals surface area contributed by atoms with Gasteiger partial charge in [-0.25, -0.2) is 0 Å². The van der Waals surface area contributed by atoms with Crippen LogP contribution in [0.15, 0.2) is 18.2 Å². The van der Waals surface area contributed by atoms with Gasteiger partial charge in [-0.2, -0.15) is 35.1 Å². The standard InChI is InChI=1S/C19H21F8N3O2S/c20-17(21,19(25,26)27)7-3-1-2-4-8-32-14-6-5-11(9-12(14)18(22,23)24)15-29-30-16(33-15)13(28)10-31/h5-6,9,13,31H,1-4,7-8,10,28H2. The van der Waals surface area contributed by atoms with Crippen LogP contribution < -0.4 is 10.5 Å². The van der Waals surface area contributed by atoms with Crippen molar-refractivity contribution in [3.05, 3.63) is 28.8 Å². The monoisotopic (exact) mass is 507 g/mol. The first-order valence-electron chi connectivity index (χ1n) is 9.75. The molecule has 1 aromatic heterocycles. The zero-order valence-electron chi connectivity index (χ0n) is 17.0. The van der Waals surface area contributed by atoms with Crippen molar-refractivity contribution in [2.45, 2.75) is 56.4 Å². The van der Waals surface area contributed by atoms with Crippen LogP contribution in [0.25, 0.3) is 10.6 Å². The molecule has 186 valence electrons. The molecule has 0 amide bonds. The van der Waals surface area contributed by atoms with Crippen LogP contribution in [-0.4, -0.2) is 40.6 Å². The van der Waals surface area contributed by atoms with Gasteiger partial charge >= 0.3 is 18.3 Å². The number of nitrogens with two attached hydrogens (primary N) is 1. The lowest BCUT2D eigenvalue weighted by Gasteiger charge is -2.19. The first-order chi connectivity index (χ1) is 15.3. The number of nitrogens with zero attached hydrogens (tertiary/aromatic N) is 2. The van der Waals surface area contributed by atoms with Crippen molar-refractivity contribution in [1.82, 2.24) is 10.2 Å². The molecule has 0 aliphatic carbocycles. The Morgan fingerprint density at radius 3 is 2.24 bits per heavy atom. The van der Waals surface area contributed by atoms with Gasteiger partial charge in [0.1, 0.15) is 15.8 Å². The van der Waals surface area contributed by atoms with Crippen LogP contribution >= 0.6 is 11.3 Å². The van der Waals surface area contributed by atoms with Gasteiger partial charge in [0.15, 0.2) is 0 Å². The highest BCUT2D eigenvalue weighted by Crippen LogP contribution is 2.40. The number of ether oxygens (including phenoxy) is 1. The normalized spacial score (nSPS) is 13.9. The fraction of sp³-hybridized carbons (Fsp3) is 0.579. The summed E-state index contributed by atoms with van der Waals surface area (Å²) in [6.45, 7) is -0.577. The number of hydrogen-bond donors (Lipinski definition) is 2. The Labute approximate surface area is 187 Å². The molecule has 0 saturated carbocycles. The zero-order valence-corrected chi connectivity index (χ0v) is 17.8. The molecule has 1 atom stereocenters. The van der Waals surface area contributed by atoms with Crippen molar-refractivity contribution in [2.75, 3.05) is 13.2 Å². The summed E-state index contributed by atoms with van der Waals surface area (Å²) in [5, 5.41) is 17.0. The van der Waals surface area contributed by atoms with E-state index < -0.39 is 48.7 Å². The molecule has 0 radical (unpaired) electrons. The SMILES string of the molecule is NC(CO)c1nnc(-c2ccc(OCCCCCCC(F)(F)C(F)(F)F)c(C(F)(F)F)c2)s1. The van der Waals surface area contributed by atoms with Crippen molar-refractivity contribution in [2.24, 2.45) is 5.73 Å². The minimum atomic E-state index is -5.60. The van der Waals surface area contributed by atoms with Crippen molar-refractivity contribution in [3.8, 4) is 16.3 Å². The Kier molecular flexibility index (Phi) is 8.99. The van der Waals surface area contributed by atoms with Crippen LogP contribution in [-0.2, 0) is 6.18 Å². The maximum Gasteiger partial charge on any atom is 0.453 e.